The van der Waals surface area contributed by atoms with Gasteiger partial charge in [-0.15, -0.1) is 0 Å². The Balaban J connectivity index is 1.39. The first-order valence-corrected chi connectivity index (χ1v) is 11.4. The van der Waals surface area contributed by atoms with E-state index in [1.165, 1.54) is 6.21 Å². The van der Waals surface area contributed by atoms with E-state index < -0.39 is 0 Å². The van der Waals surface area contributed by atoms with E-state index >= 15 is 0 Å². The Kier molecular flexibility index (Phi) is 9.30. The van der Waals surface area contributed by atoms with Crippen molar-refractivity contribution in [1.29, 1.82) is 0 Å². The molecule has 0 aliphatic rings. The number of benzene rings is 3. The van der Waals surface area contributed by atoms with Gasteiger partial charge < -0.3 is 9.47 Å². The minimum Gasteiger partial charge on any atom is -0.492 e. The van der Waals surface area contributed by atoms with Crippen LogP contribution in [-0.2, 0) is 4.79 Å². The number of amides is 1. The molecule has 0 heterocycles. The van der Waals surface area contributed by atoms with Gasteiger partial charge in [-0.3, -0.25) is 9.59 Å². The first-order chi connectivity index (χ1) is 15.9. The maximum absolute atomic E-state index is 12.0. The van der Waals surface area contributed by atoms with Crippen molar-refractivity contribution in [2.75, 3.05) is 6.61 Å². The summed E-state index contributed by atoms with van der Waals surface area (Å²) >= 11 is 15.2. The van der Waals surface area contributed by atoms with E-state index in [0.29, 0.717) is 40.1 Å². The molecule has 0 aliphatic heterocycles. The van der Waals surface area contributed by atoms with Crippen LogP contribution in [0.2, 0.25) is 10.0 Å². The zero-order valence-electron chi connectivity index (χ0n) is 17.3. The molecule has 0 atom stereocenters. The maximum atomic E-state index is 12.0. The number of hydrogen-bond donors (Lipinski definition) is 1. The Morgan fingerprint density at radius 1 is 1.00 bits per heavy atom. The molecule has 33 heavy (non-hydrogen) atoms. The average molecular weight is 550 g/mol. The molecule has 0 radical (unpaired) electrons. The number of hydrazone groups is 1. The van der Waals surface area contributed by atoms with Gasteiger partial charge in [0.2, 0.25) is 0 Å². The van der Waals surface area contributed by atoms with Crippen molar-refractivity contribution in [3.63, 3.8) is 0 Å². The van der Waals surface area contributed by atoms with Crippen molar-refractivity contribution >= 4 is 57.2 Å². The number of nitrogens with one attached hydrogen (secondary N) is 1. The van der Waals surface area contributed by atoms with Crippen LogP contribution in [0.5, 0.6) is 11.5 Å². The van der Waals surface area contributed by atoms with Crippen LogP contribution in [0.25, 0.3) is 0 Å². The second kappa shape index (κ2) is 12.4. The van der Waals surface area contributed by atoms with Gasteiger partial charge in [0.1, 0.15) is 11.5 Å². The van der Waals surface area contributed by atoms with Gasteiger partial charge in [0.25, 0.3) is 5.91 Å². The van der Waals surface area contributed by atoms with Crippen LogP contribution in [0.15, 0.2) is 76.3 Å². The molecule has 3 rings (SSSR count). The summed E-state index contributed by atoms with van der Waals surface area (Å²) < 4.78 is 11.8. The summed E-state index contributed by atoms with van der Waals surface area (Å²) in [5.41, 5.74) is 3.70. The fraction of sp³-hybridized carbons (Fsp3) is 0.125. The minimum absolute atomic E-state index is 0.191. The van der Waals surface area contributed by atoms with Crippen LogP contribution in [0, 0.1) is 0 Å². The van der Waals surface area contributed by atoms with E-state index in [-0.39, 0.29) is 18.3 Å². The summed E-state index contributed by atoms with van der Waals surface area (Å²) in [6.07, 6.45) is 2.17. The normalized spacial score (nSPS) is 10.8. The van der Waals surface area contributed by atoms with E-state index in [1.807, 2.05) is 0 Å². The zero-order chi connectivity index (χ0) is 23.6. The molecule has 9 heteroatoms. The van der Waals surface area contributed by atoms with Crippen molar-refractivity contribution in [2.45, 2.75) is 12.8 Å². The van der Waals surface area contributed by atoms with E-state index in [0.717, 1.165) is 10.0 Å². The molecule has 3 aromatic rings. The summed E-state index contributed by atoms with van der Waals surface area (Å²) in [5, 5.41) is 4.89. The third-order valence-electron chi connectivity index (χ3n) is 4.27. The van der Waals surface area contributed by atoms with Crippen LogP contribution in [0.1, 0.15) is 28.8 Å². The second-order valence-corrected chi connectivity index (χ2v) is 8.54. The van der Waals surface area contributed by atoms with Crippen molar-refractivity contribution in [3.8, 4) is 11.5 Å². The Labute approximate surface area is 209 Å². The number of carbonyl (C=O) groups is 2. The molecular weight excluding hydrogens is 531 g/mol. The van der Waals surface area contributed by atoms with Crippen LogP contribution in [0.3, 0.4) is 0 Å². The smallest absolute Gasteiger partial charge is 0.311 e. The lowest BCUT2D eigenvalue weighted by atomic mass is 10.2. The molecule has 3 aromatic carbocycles. The van der Waals surface area contributed by atoms with Gasteiger partial charge in [0, 0.05) is 21.5 Å². The highest BCUT2D eigenvalue weighted by molar-refractivity contribution is 9.10. The third kappa shape index (κ3) is 8.20. The molecule has 0 fully saturated rings. The Hall–Kier alpha value is -2.87. The highest BCUT2D eigenvalue weighted by atomic mass is 79.9. The summed E-state index contributed by atoms with van der Waals surface area (Å²) in [6.45, 7) is 0.317. The van der Waals surface area contributed by atoms with Crippen LogP contribution in [0.4, 0.5) is 0 Å². The highest BCUT2D eigenvalue weighted by Crippen LogP contribution is 2.27. The number of hydrogen-bond acceptors (Lipinski definition) is 5. The number of ether oxygens (including phenoxy) is 2. The van der Waals surface area contributed by atoms with Gasteiger partial charge in [-0.1, -0.05) is 39.1 Å². The fourth-order valence-electron chi connectivity index (χ4n) is 2.63. The summed E-state index contributed by atoms with van der Waals surface area (Å²) in [6, 6.07) is 18.7. The van der Waals surface area contributed by atoms with Gasteiger partial charge in [-0.05, 0) is 78.7 Å². The van der Waals surface area contributed by atoms with Crippen molar-refractivity contribution < 1.29 is 19.1 Å². The molecule has 0 aliphatic carbocycles. The van der Waals surface area contributed by atoms with Gasteiger partial charge in [0.05, 0.1) is 17.8 Å². The number of rotatable bonds is 9. The third-order valence-corrected chi connectivity index (χ3v) is 5.33. The van der Waals surface area contributed by atoms with Crippen LogP contribution < -0.4 is 14.9 Å². The summed E-state index contributed by atoms with van der Waals surface area (Å²) in [5.74, 6) is 0.244. The Morgan fingerprint density at radius 3 is 2.42 bits per heavy atom. The van der Waals surface area contributed by atoms with Crippen molar-refractivity contribution in [3.05, 3.63) is 92.4 Å². The quantitative estimate of drug-likeness (QED) is 0.112. The lowest BCUT2D eigenvalue weighted by Gasteiger charge is -2.08. The van der Waals surface area contributed by atoms with Crippen LogP contribution >= 0.6 is 39.1 Å². The van der Waals surface area contributed by atoms with Crippen LogP contribution in [-0.4, -0.2) is 24.7 Å². The SMILES string of the molecule is O=C(CCCOc1ccc(Cl)cc1Cl)Oc1ccc(C=NNC(=O)c2ccc(Br)cc2)cc1. The number of esters is 1. The lowest BCUT2D eigenvalue weighted by molar-refractivity contribution is -0.134. The summed E-state index contributed by atoms with van der Waals surface area (Å²) in [4.78, 5) is 24.0. The molecule has 0 bridgehead atoms. The molecule has 0 spiro atoms. The van der Waals surface area contributed by atoms with E-state index in [2.05, 4.69) is 26.5 Å². The van der Waals surface area contributed by atoms with Crippen molar-refractivity contribution in [2.24, 2.45) is 5.10 Å². The monoisotopic (exact) mass is 548 g/mol. The molecule has 0 unspecified atom stereocenters. The van der Waals surface area contributed by atoms with E-state index in [4.69, 9.17) is 32.7 Å². The number of carbonyl (C=O) groups excluding carboxylic acids is 2. The topological polar surface area (TPSA) is 77.0 Å². The zero-order valence-corrected chi connectivity index (χ0v) is 20.4. The molecule has 6 nitrogen and oxygen atoms in total. The molecular formula is C24H19BrCl2N2O4. The molecule has 1 N–H and O–H groups in total. The largest absolute Gasteiger partial charge is 0.492 e. The average Bonchev–Trinajstić information content (AvgIpc) is 2.79. The van der Waals surface area contributed by atoms with Gasteiger partial charge in [0.15, 0.2) is 0 Å². The molecule has 0 saturated heterocycles. The standard InChI is InChI=1S/C24H19BrCl2N2O4/c25-18-7-5-17(6-8-18)24(31)29-28-15-16-3-10-20(11-4-16)33-23(30)2-1-13-32-22-12-9-19(26)14-21(22)27/h3-12,14-15H,1-2,13H2,(H,29,31). The van der Waals surface area contributed by atoms with E-state index in [1.54, 1.807) is 66.7 Å². The maximum Gasteiger partial charge on any atom is 0.311 e. The van der Waals surface area contributed by atoms with Gasteiger partial charge in [-0.25, -0.2) is 5.43 Å². The number of nitrogens with zero attached hydrogens (tertiary/aromatic N) is 1. The first-order valence-electron chi connectivity index (χ1n) is 9.88. The van der Waals surface area contributed by atoms with E-state index in [9.17, 15) is 9.59 Å². The Bertz CT molecular complexity index is 1140. The van der Waals surface area contributed by atoms with Gasteiger partial charge in [-0.2, -0.15) is 5.10 Å². The van der Waals surface area contributed by atoms with Crippen molar-refractivity contribution in [1.82, 2.24) is 5.43 Å². The molecule has 0 saturated carbocycles. The second-order valence-electron chi connectivity index (χ2n) is 6.78. The molecule has 0 aromatic heterocycles. The predicted molar refractivity (Wildman–Crippen MR) is 132 cm³/mol. The highest BCUT2D eigenvalue weighted by Gasteiger charge is 2.07. The predicted octanol–water partition coefficient (Wildman–Crippen LogP) is 6.28. The molecule has 170 valence electrons. The Morgan fingerprint density at radius 2 is 1.73 bits per heavy atom. The fourth-order valence-corrected chi connectivity index (χ4v) is 3.35. The minimum atomic E-state index is -0.371. The number of halogens is 3. The summed E-state index contributed by atoms with van der Waals surface area (Å²) in [7, 11) is 0. The first kappa shape index (κ1) is 24.8. The lowest BCUT2D eigenvalue weighted by Crippen LogP contribution is -2.17. The molecule has 1 amide bonds. The van der Waals surface area contributed by atoms with Gasteiger partial charge >= 0.3 is 5.97 Å².